The van der Waals surface area contributed by atoms with Crippen molar-refractivity contribution in [2.75, 3.05) is 35.7 Å². The number of nitrogens with zero attached hydrogens (tertiary/aromatic N) is 6. The van der Waals surface area contributed by atoms with E-state index in [-0.39, 0.29) is 5.91 Å². The standard InChI is InChI=1S/C24H29N9O2/c1-15(25-4)30-24(14-34)7-10-32(11-8-24)19-20-29-22(31-33(20)12-9-26-19)27-16-5-6-17-18(13-16)28-21(35)23(17,2)3/h5-6,9,12-14H,7-8,10-11H2,1-4H3,(H,25,30)(H,27,31)(H,28,35). The van der Waals surface area contributed by atoms with E-state index in [9.17, 15) is 9.59 Å². The van der Waals surface area contributed by atoms with Gasteiger partial charge in [0.2, 0.25) is 11.9 Å². The monoisotopic (exact) mass is 475 g/mol. The van der Waals surface area contributed by atoms with Gasteiger partial charge >= 0.3 is 0 Å². The molecule has 1 saturated heterocycles. The predicted molar refractivity (Wildman–Crippen MR) is 135 cm³/mol. The first-order chi connectivity index (χ1) is 16.7. The van der Waals surface area contributed by atoms with Crippen molar-refractivity contribution in [2.45, 2.75) is 44.6 Å². The van der Waals surface area contributed by atoms with Gasteiger partial charge in [-0.05, 0) is 51.3 Å². The fraction of sp³-hybridized carbons (Fsp3) is 0.417. The number of carbonyl (C=O) groups excluding carboxylic acids is 2. The lowest BCUT2D eigenvalue weighted by atomic mass is 9.86. The van der Waals surface area contributed by atoms with E-state index in [0.29, 0.717) is 43.3 Å². The van der Waals surface area contributed by atoms with E-state index < -0.39 is 11.0 Å². The van der Waals surface area contributed by atoms with Crippen molar-refractivity contribution in [3.63, 3.8) is 0 Å². The molecule has 1 fully saturated rings. The van der Waals surface area contributed by atoms with E-state index in [2.05, 4.69) is 40.9 Å². The Labute approximate surface area is 203 Å². The van der Waals surface area contributed by atoms with E-state index in [1.807, 2.05) is 39.0 Å². The molecule has 0 bridgehead atoms. The molecular formula is C24H29N9O2. The Hall–Kier alpha value is -4.02. The first-order valence-electron chi connectivity index (χ1n) is 11.6. The Kier molecular flexibility index (Phi) is 5.42. The van der Waals surface area contributed by atoms with Crippen LogP contribution in [-0.2, 0) is 15.0 Å². The largest absolute Gasteiger partial charge is 0.377 e. The van der Waals surface area contributed by atoms with Gasteiger partial charge in [0.05, 0.1) is 11.3 Å². The minimum atomic E-state index is -0.716. The molecule has 2 aliphatic heterocycles. The maximum absolute atomic E-state index is 12.3. The van der Waals surface area contributed by atoms with Gasteiger partial charge in [0, 0.05) is 43.9 Å². The summed E-state index contributed by atoms with van der Waals surface area (Å²) in [7, 11) is 1.80. The molecule has 11 nitrogen and oxygen atoms in total. The fourth-order valence-corrected chi connectivity index (χ4v) is 4.63. The maximum atomic E-state index is 12.3. The molecule has 182 valence electrons. The summed E-state index contributed by atoms with van der Waals surface area (Å²) in [6.07, 6.45) is 5.59. The zero-order valence-corrected chi connectivity index (χ0v) is 20.3. The molecule has 4 heterocycles. The quantitative estimate of drug-likeness (QED) is 0.291. The van der Waals surface area contributed by atoms with Crippen molar-refractivity contribution in [3.8, 4) is 0 Å². The lowest BCUT2D eigenvalue weighted by Crippen LogP contribution is -2.45. The number of hydrogen-bond donors (Lipinski definition) is 3. The van der Waals surface area contributed by atoms with Gasteiger partial charge < -0.3 is 25.6 Å². The highest BCUT2D eigenvalue weighted by atomic mass is 16.2. The second-order valence-electron chi connectivity index (χ2n) is 9.57. The van der Waals surface area contributed by atoms with Gasteiger partial charge in [0.1, 0.15) is 11.8 Å². The third-order valence-corrected chi connectivity index (χ3v) is 6.90. The van der Waals surface area contributed by atoms with Crippen molar-refractivity contribution in [2.24, 2.45) is 4.99 Å². The predicted octanol–water partition coefficient (Wildman–Crippen LogP) is 2.27. The number of carbonyl (C=O) groups is 2. The number of aldehydes is 1. The Morgan fingerprint density at radius 2 is 2.03 bits per heavy atom. The first-order valence-corrected chi connectivity index (χ1v) is 11.6. The van der Waals surface area contributed by atoms with Gasteiger partial charge in [-0.1, -0.05) is 6.07 Å². The summed E-state index contributed by atoms with van der Waals surface area (Å²) in [6.45, 7) is 6.94. The minimum Gasteiger partial charge on any atom is -0.377 e. The summed E-state index contributed by atoms with van der Waals surface area (Å²) >= 11 is 0. The molecule has 35 heavy (non-hydrogen) atoms. The summed E-state index contributed by atoms with van der Waals surface area (Å²) in [6, 6.07) is 5.76. The number of fused-ring (bicyclic) bond motifs is 2. The summed E-state index contributed by atoms with van der Waals surface area (Å²) in [5, 5.41) is 13.7. The zero-order chi connectivity index (χ0) is 24.8. The number of anilines is 4. The first kappa shape index (κ1) is 22.8. The van der Waals surface area contributed by atoms with Gasteiger partial charge in [-0.15, -0.1) is 5.10 Å². The number of benzene rings is 1. The van der Waals surface area contributed by atoms with Crippen LogP contribution >= 0.6 is 0 Å². The van der Waals surface area contributed by atoms with Crippen molar-refractivity contribution in [3.05, 3.63) is 36.2 Å². The molecule has 2 aromatic heterocycles. The number of amidine groups is 1. The smallest absolute Gasteiger partial charge is 0.247 e. The Morgan fingerprint density at radius 3 is 2.74 bits per heavy atom. The van der Waals surface area contributed by atoms with Crippen LogP contribution in [0.3, 0.4) is 0 Å². The van der Waals surface area contributed by atoms with Crippen molar-refractivity contribution in [1.29, 1.82) is 0 Å². The summed E-state index contributed by atoms with van der Waals surface area (Å²) in [5.74, 6) is 1.87. The Balaban J connectivity index is 1.37. The molecule has 1 aromatic carbocycles. The van der Waals surface area contributed by atoms with E-state index >= 15 is 0 Å². The van der Waals surface area contributed by atoms with Crippen molar-refractivity contribution >= 4 is 46.8 Å². The van der Waals surface area contributed by atoms with E-state index in [0.717, 1.165) is 29.1 Å². The third kappa shape index (κ3) is 3.96. The van der Waals surface area contributed by atoms with Crippen LogP contribution in [0.4, 0.5) is 23.1 Å². The highest BCUT2D eigenvalue weighted by Crippen LogP contribution is 2.39. The molecule has 0 saturated carbocycles. The van der Waals surface area contributed by atoms with Crippen LogP contribution in [0.5, 0.6) is 0 Å². The van der Waals surface area contributed by atoms with Gasteiger partial charge in [0.25, 0.3) is 0 Å². The highest BCUT2D eigenvalue weighted by Gasteiger charge is 2.38. The molecule has 3 N–H and O–H groups in total. The van der Waals surface area contributed by atoms with Crippen LogP contribution in [0, 0.1) is 0 Å². The number of aliphatic imine (C=N–C) groups is 1. The molecule has 2 aliphatic rings. The molecule has 0 aliphatic carbocycles. The Morgan fingerprint density at radius 1 is 1.26 bits per heavy atom. The van der Waals surface area contributed by atoms with Crippen LogP contribution in [0.25, 0.3) is 5.65 Å². The average Bonchev–Trinajstić information content (AvgIpc) is 3.36. The van der Waals surface area contributed by atoms with Crippen LogP contribution in [0.1, 0.15) is 39.2 Å². The lowest BCUT2D eigenvalue weighted by Gasteiger charge is -2.36. The van der Waals surface area contributed by atoms with Gasteiger partial charge in [-0.2, -0.15) is 4.98 Å². The summed E-state index contributed by atoms with van der Waals surface area (Å²) in [5.41, 5.74) is 1.89. The molecule has 0 radical (unpaired) electrons. The topological polar surface area (TPSA) is 129 Å². The molecule has 0 unspecified atom stereocenters. The fourth-order valence-electron chi connectivity index (χ4n) is 4.63. The van der Waals surface area contributed by atoms with E-state index in [1.54, 1.807) is 24.0 Å². The van der Waals surface area contributed by atoms with Crippen LogP contribution in [-0.4, -0.2) is 63.3 Å². The summed E-state index contributed by atoms with van der Waals surface area (Å²) in [4.78, 5) is 40.1. The highest BCUT2D eigenvalue weighted by molar-refractivity contribution is 6.06. The molecule has 3 aromatic rings. The molecule has 1 amide bonds. The van der Waals surface area contributed by atoms with Gasteiger partial charge in [-0.3, -0.25) is 9.79 Å². The average molecular weight is 476 g/mol. The molecule has 5 rings (SSSR count). The van der Waals surface area contributed by atoms with Gasteiger partial charge in [-0.25, -0.2) is 9.50 Å². The maximum Gasteiger partial charge on any atom is 0.247 e. The number of amides is 1. The molecule has 11 heteroatoms. The zero-order valence-electron chi connectivity index (χ0n) is 20.3. The number of aromatic nitrogens is 4. The van der Waals surface area contributed by atoms with Gasteiger partial charge in [0.15, 0.2) is 11.5 Å². The minimum absolute atomic E-state index is 0.0156. The molecule has 0 spiro atoms. The van der Waals surface area contributed by atoms with Crippen LogP contribution in [0.15, 0.2) is 35.6 Å². The third-order valence-electron chi connectivity index (χ3n) is 6.90. The Bertz CT molecular complexity index is 1340. The lowest BCUT2D eigenvalue weighted by molar-refractivity contribution is -0.119. The van der Waals surface area contributed by atoms with E-state index in [4.69, 9.17) is 0 Å². The number of piperidine rings is 1. The second-order valence-corrected chi connectivity index (χ2v) is 9.57. The second kappa shape index (κ2) is 8.33. The van der Waals surface area contributed by atoms with E-state index in [1.165, 1.54) is 0 Å². The van der Waals surface area contributed by atoms with Crippen molar-refractivity contribution < 1.29 is 9.59 Å². The van der Waals surface area contributed by atoms with Crippen LogP contribution in [0.2, 0.25) is 0 Å². The number of hydrogen-bond acceptors (Lipinski definition) is 8. The number of rotatable bonds is 5. The normalized spacial score (nSPS) is 18.8. The van der Waals surface area contributed by atoms with Crippen LogP contribution < -0.4 is 20.9 Å². The summed E-state index contributed by atoms with van der Waals surface area (Å²) < 4.78 is 1.69. The molecular weight excluding hydrogens is 446 g/mol. The SMILES string of the molecule is CN/C(C)=N\C1(C=O)CCN(c2nccn3nc(Nc4ccc5c(c4)NC(=O)C5(C)C)nc23)CC1. The number of nitrogens with one attached hydrogen (secondary N) is 3. The van der Waals surface area contributed by atoms with Crippen molar-refractivity contribution in [1.82, 2.24) is 24.9 Å². The molecule has 0 atom stereocenters.